The van der Waals surface area contributed by atoms with Gasteiger partial charge < -0.3 is 4.74 Å². The minimum atomic E-state index is -0.0229. The van der Waals surface area contributed by atoms with Crippen molar-refractivity contribution in [2.75, 3.05) is 7.11 Å². The molecule has 1 aromatic carbocycles. The lowest BCUT2D eigenvalue weighted by Gasteiger charge is -2.09. The lowest BCUT2D eigenvalue weighted by atomic mass is 10.0. The molecule has 1 aromatic rings. The van der Waals surface area contributed by atoms with Crippen LogP contribution in [-0.2, 0) is 0 Å². The van der Waals surface area contributed by atoms with Crippen molar-refractivity contribution in [2.24, 2.45) is 0 Å². The molecule has 0 saturated heterocycles. The van der Waals surface area contributed by atoms with E-state index in [4.69, 9.17) is 10.00 Å². The van der Waals surface area contributed by atoms with Gasteiger partial charge in [-0.3, -0.25) is 4.79 Å². The Kier molecular flexibility index (Phi) is 2.88. The molecule has 0 saturated carbocycles. The summed E-state index contributed by atoms with van der Waals surface area (Å²) in [4.78, 5) is 11.2. The van der Waals surface area contributed by atoms with E-state index in [1.165, 1.54) is 14.0 Å². The van der Waals surface area contributed by atoms with Gasteiger partial charge in [0.2, 0.25) is 0 Å². The number of Topliss-reactive ketones (excluding diaryl/α,β-unsaturated/α-hetero) is 1. The zero-order chi connectivity index (χ0) is 10.7. The van der Waals surface area contributed by atoms with E-state index in [0.29, 0.717) is 16.9 Å². The third-order valence-corrected chi connectivity index (χ3v) is 2.11. The predicted molar refractivity (Wildman–Crippen MR) is 52.5 cm³/mol. The van der Waals surface area contributed by atoms with Gasteiger partial charge in [-0.25, -0.2) is 0 Å². The van der Waals surface area contributed by atoms with Crippen molar-refractivity contribution in [2.45, 2.75) is 13.8 Å². The summed E-state index contributed by atoms with van der Waals surface area (Å²) in [5.74, 6) is 0.463. The summed E-state index contributed by atoms with van der Waals surface area (Å²) < 4.78 is 5.08. The summed E-state index contributed by atoms with van der Waals surface area (Å²) in [6.07, 6.45) is 0. The average Bonchev–Trinajstić information content (AvgIpc) is 2.16. The summed E-state index contributed by atoms with van der Waals surface area (Å²) in [5.41, 5.74) is 1.77. The first-order valence-corrected chi connectivity index (χ1v) is 4.20. The van der Waals surface area contributed by atoms with Crippen LogP contribution in [0.2, 0.25) is 0 Å². The molecular weight excluding hydrogens is 178 g/mol. The van der Waals surface area contributed by atoms with Gasteiger partial charge in [-0.1, -0.05) is 0 Å². The Morgan fingerprint density at radius 1 is 1.50 bits per heavy atom. The highest BCUT2D eigenvalue weighted by molar-refractivity contribution is 5.96. The fourth-order valence-electron chi connectivity index (χ4n) is 1.42. The molecule has 0 aromatic heterocycles. The van der Waals surface area contributed by atoms with E-state index >= 15 is 0 Å². The van der Waals surface area contributed by atoms with Crippen molar-refractivity contribution in [1.82, 2.24) is 0 Å². The summed E-state index contributed by atoms with van der Waals surface area (Å²) in [5, 5.41) is 8.79. The zero-order valence-electron chi connectivity index (χ0n) is 8.42. The van der Waals surface area contributed by atoms with Gasteiger partial charge in [-0.2, -0.15) is 5.26 Å². The second kappa shape index (κ2) is 3.93. The molecule has 3 nitrogen and oxygen atoms in total. The number of ether oxygens (including phenoxy) is 1. The van der Waals surface area contributed by atoms with Crippen molar-refractivity contribution in [3.05, 3.63) is 28.8 Å². The van der Waals surface area contributed by atoms with Crippen LogP contribution in [0, 0.1) is 18.3 Å². The van der Waals surface area contributed by atoms with E-state index in [1.54, 1.807) is 19.1 Å². The molecule has 0 N–H and O–H groups in total. The van der Waals surface area contributed by atoms with Gasteiger partial charge >= 0.3 is 0 Å². The maximum atomic E-state index is 11.2. The quantitative estimate of drug-likeness (QED) is 0.669. The van der Waals surface area contributed by atoms with Crippen LogP contribution in [0.4, 0.5) is 0 Å². The fourth-order valence-corrected chi connectivity index (χ4v) is 1.42. The lowest BCUT2D eigenvalue weighted by Crippen LogP contribution is -2.00. The Labute approximate surface area is 82.9 Å². The van der Waals surface area contributed by atoms with Gasteiger partial charge in [-0.05, 0) is 26.0 Å². The smallest absolute Gasteiger partial charge is 0.160 e. The highest BCUT2D eigenvalue weighted by atomic mass is 16.5. The fraction of sp³-hybridized carbons (Fsp3) is 0.273. The maximum Gasteiger partial charge on any atom is 0.160 e. The molecule has 0 aliphatic carbocycles. The molecule has 0 aliphatic heterocycles. The molecule has 0 amide bonds. The molecule has 0 fully saturated rings. The number of carbonyl (C=O) groups is 1. The first-order valence-electron chi connectivity index (χ1n) is 4.20. The topological polar surface area (TPSA) is 50.1 Å². The number of hydrogen-bond donors (Lipinski definition) is 0. The Balaban J connectivity index is 3.44. The highest BCUT2D eigenvalue weighted by Gasteiger charge is 2.12. The molecule has 0 heterocycles. The molecule has 0 aliphatic rings. The molecule has 0 bridgehead atoms. The minimum absolute atomic E-state index is 0.0229. The molecule has 0 atom stereocenters. The van der Waals surface area contributed by atoms with E-state index in [2.05, 4.69) is 0 Å². The Morgan fingerprint density at radius 2 is 2.14 bits per heavy atom. The van der Waals surface area contributed by atoms with E-state index < -0.39 is 0 Å². The van der Waals surface area contributed by atoms with Crippen LogP contribution in [0.25, 0.3) is 0 Å². The first kappa shape index (κ1) is 10.3. The van der Waals surface area contributed by atoms with E-state index in [1.807, 2.05) is 6.07 Å². The molecule has 0 radical (unpaired) electrons. The molecule has 72 valence electrons. The minimum Gasteiger partial charge on any atom is -0.495 e. The highest BCUT2D eigenvalue weighted by Crippen LogP contribution is 2.25. The summed E-state index contributed by atoms with van der Waals surface area (Å²) in [6.45, 7) is 3.27. The molecular formula is C11H11NO2. The van der Waals surface area contributed by atoms with Gasteiger partial charge in [0, 0.05) is 11.1 Å². The number of hydrogen-bond acceptors (Lipinski definition) is 3. The molecule has 3 heteroatoms. The van der Waals surface area contributed by atoms with Gasteiger partial charge in [-0.15, -0.1) is 0 Å². The Hall–Kier alpha value is -1.82. The molecule has 0 unspecified atom stereocenters. The Bertz CT molecular complexity index is 416. The second-order valence-corrected chi connectivity index (χ2v) is 2.99. The first-order chi connectivity index (χ1) is 6.61. The second-order valence-electron chi connectivity index (χ2n) is 2.99. The van der Waals surface area contributed by atoms with Crippen molar-refractivity contribution in [1.29, 1.82) is 5.26 Å². The van der Waals surface area contributed by atoms with Crippen molar-refractivity contribution in [3.63, 3.8) is 0 Å². The third-order valence-electron chi connectivity index (χ3n) is 2.11. The van der Waals surface area contributed by atoms with Gasteiger partial charge in [0.1, 0.15) is 11.8 Å². The standard InChI is InChI=1S/C11H11NO2/c1-7-10(8(2)13)5-4-9(6-12)11(7)14-3/h4-5H,1-3H3. The Morgan fingerprint density at radius 3 is 2.57 bits per heavy atom. The van der Waals surface area contributed by atoms with E-state index in [-0.39, 0.29) is 5.78 Å². The van der Waals surface area contributed by atoms with E-state index in [9.17, 15) is 4.79 Å². The van der Waals surface area contributed by atoms with Crippen molar-refractivity contribution >= 4 is 5.78 Å². The third kappa shape index (κ3) is 1.60. The number of methoxy groups -OCH3 is 1. The number of benzene rings is 1. The van der Waals surface area contributed by atoms with Crippen LogP contribution in [0.1, 0.15) is 28.4 Å². The largest absolute Gasteiger partial charge is 0.495 e. The normalized spacial score (nSPS) is 9.29. The SMILES string of the molecule is COc1c(C#N)ccc(C(C)=O)c1C. The number of carbonyl (C=O) groups excluding carboxylic acids is 1. The van der Waals surface area contributed by atoms with Crippen LogP contribution < -0.4 is 4.74 Å². The number of nitriles is 1. The molecule has 0 spiro atoms. The number of rotatable bonds is 2. The number of ketones is 1. The van der Waals surface area contributed by atoms with Crippen molar-refractivity contribution < 1.29 is 9.53 Å². The van der Waals surface area contributed by atoms with E-state index in [0.717, 1.165) is 5.56 Å². The molecule has 1 rings (SSSR count). The summed E-state index contributed by atoms with van der Waals surface area (Å²) in [7, 11) is 1.49. The van der Waals surface area contributed by atoms with Gasteiger partial charge in [0.25, 0.3) is 0 Å². The molecule has 14 heavy (non-hydrogen) atoms. The average molecular weight is 189 g/mol. The van der Waals surface area contributed by atoms with Crippen LogP contribution in [0.15, 0.2) is 12.1 Å². The van der Waals surface area contributed by atoms with Crippen molar-refractivity contribution in [3.8, 4) is 11.8 Å². The summed E-state index contributed by atoms with van der Waals surface area (Å²) >= 11 is 0. The number of nitrogens with zero attached hydrogens (tertiary/aromatic N) is 1. The van der Waals surface area contributed by atoms with Crippen LogP contribution in [0.5, 0.6) is 5.75 Å². The van der Waals surface area contributed by atoms with Gasteiger partial charge in [0.15, 0.2) is 5.78 Å². The van der Waals surface area contributed by atoms with Crippen LogP contribution in [0.3, 0.4) is 0 Å². The zero-order valence-corrected chi connectivity index (χ0v) is 8.42. The predicted octanol–water partition coefficient (Wildman–Crippen LogP) is 2.08. The lowest BCUT2D eigenvalue weighted by molar-refractivity contribution is 0.101. The summed E-state index contributed by atoms with van der Waals surface area (Å²) in [6, 6.07) is 5.27. The van der Waals surface area contributed by atoms with Crippen LogP contribution in [-0.4, -0.2) is 12.9 Å². The maximum absolute atomic E-state index is 11.2. The van der Waals surface area contributed by atoms with Crippen LogP contribution >= 0.6 is 0 Å². The van der Waals surface area contributed by atoms with Gasteiger partial charge in [0.05, 0.1) is 12.7 Å². The monoisotopic (exact) mass is 189 g/mol.